The smallest absolute Gasteiger partial charge is 0.478 e. The predicted octanol–water partition coefficient (Wildman–Crippen LogP) is 5.24. The first kappa shape index (κ1) is 32.2. The van der Waals surface area contributed by atoms with E-state index in [1.165, 1.54) is 30.3 Å². The molecule has 1 aliphatic rings. The second-order valence-electron chi connectivity index (χ2n) is 9.26. The van der Waals surface area contributed by atoms with Crippen molar-refractivity contribution in [2.45, 2.75) is 30.8 Å². The Balaban J connectivity index is 0.000000616. The molecule has 1 fully saturated rings. The van der Waals surface area contributed by atoms with Gasteiger partial charge in [-0.3, -0.25) is 4.72 Å². The van der Waals surface area contributed by atoms with Crippen LogP contribution in [0.3, 0.4) is 0 Å². The molecule has 0 saturated carbocycles. The van der Waals surface area contributed by atoms with E-state index >= 15 is 0 Å². The molecule has 1 heterocycles. The molecule has 1 saturated heterocycles. The van der Waals surface area contributed by atoms with E-state index in [-0.39, 0.29) is 22.0 Å². The molecule has 3 N–H and O–H groups in total. The van der Waals surface area contributed by atoms with E-state index < -0.39 is 28.1 Å². The summed E-state index contributed by atoms with van der Waals surface area (Å²) in [6.07, 6.45) is -3.27. The van der Waals surface area contributed by atoms with Crippen LogP contribution in [0.2, 0.25) is 0 Å². The fourth-order valence-electron chi connectivity index (χ4n) is 4.24. The van der Waals surface area contributed by atoms with Crippen molar-refractivity contribution in [1.82, 2.24) is 0 Å². The minimum atomic E-state index is -5.08. The van der Waals surface area contributed by atoms with E-state index in [9.17, 15) is 35.9 Å². The summed E-state index contributed by atoms with van der Waals surface area (Å²) in [5.41, 5.74) is 2.12. The van der Waals surface area contributed by atoms with Crippen molar-refractivity contribution in [2.24, 2.45) is 0 Å². The Labute approximate surface area is 240 Å². The van der Waals surface area contributed by atoms with Gasteiger partial charge < -0.3 is 20.0 Å². The highest BCUT2D eigenvalue weighted by Crippen LogP contribution is 2.28. The lowest BCUT2D eigenvalue weighted by molar-refractivity contribution is -0.192. The summed E-state index contributed by atoms with van der Waals surface area (Å²) in [5, 5.41) is 16.9. The zero-order chi connectivity index (χ0) is 31.1. The highest BCUT2D eigenvalue weighted by molar-refractivity contribution is 7.92. The molecular formula is C28H29F4N3O6S. The monoisotopic (exact) mass is 611 g/mol. The van der Waals surface area contributed by atoms with Gasteiger partial charge >= 0.3 is 18.1 Å². The molecule has 3 aromatic carbocycles. The van der Waals surface area contributed by atoms with Crippen LogP contribution in [0.4, 0.5) is 34.6 Å². The molecule has 0 bridgehead atoms. The van der Waals surface area contributed by atoms with Crippen LogP contribution >= 0.6 is 0 Å². The Morgan fingerprint density at radius 1 is 0.905 bits per heavy atom. The number of aliphatic carboxylic acids is 1. The Bertz CT molecular complexity index is 1510. The number of carboxylic acid groups (broad SMARTS) is 2. The number of rotatable bonds is 8. The Morgan fingerprint density at radius 2 is 1.48 bits per heavy atom. The second-order valence-corrected chi connectivity index (χ2v) is 10.9. The zero-order valence-corrected chi connectivity index (χ0v) is 23.3. The van der Waals surface area contributed by atoms with Crippen molar-refractivity contribution in [3.63, 3.8) is 0 Å². The van der Waals surface area contributed by atoms with Crippen molar-refractivity contribution in [1.29, 1.82) is 0 Å². The Morgan fingerprint density at radius 3 is 2.00 bits per heavy atom. The lowest BCUT2D eigenvalue weighted by Crippen LogP contribution is -2.46. The number of hydrogen-bond acceptors (Lipinski definition) is 6. The maximum absolute atomic E-state index is 14.1. The number of benzene rings is 3. The maximum Gasteiger partial charge on any atom is 0.490 e. The Hall–Kier alpha value is -4.33. The van der Waals surface area contributed by atoms with Gasteiger partial charge in [0.15, 0.2) is 0 Å². The van der Waals surface area contributed by atoms with Gasteiger partial charge in [0.2, 0.25) is 0 Å². The van der Waals surface area contributed by atoms with Crippen LogP contribution in [0.25, 0.3) is 0 Å². The van der Waals surface area contributed by atoms with E-state index in [1.54, 1.807) is 36.4 Å². The molecule has 0 unspecified atom stereocenters. The molecule has 0 radical (unpaired) electrons. The third kappa shape index (κ3) is 8.35. The van der Waals surface area contributed by atoms with Gasteiger partial charge in [0, 0.05) is 31.9 Å². The molecular weight excluding hydrogens is 582 g/mol. The quantitative estimate of drug-likeness (QED) is 0.296. The van der Waals surface area contributed by atoms with Gasteiger partial charge in [0.1, 0.15) is 5.82 Å². The van der Waals surface area contributed by atoms with Crippen LogP contribution in [0, 0.1) is 5.82 Å². The van der Waals surface area contributed by atoms with Gasteiger partial charge in [0.05, 0.1) is 21.8 Å². The van der Waals surface area contributed by atoms with E-state index in [0.29, 0.717) is 37.6 Å². The second kappa shape index (κ2) is 13.6. The number of aryl methyl sites for hydroxylation is 1. The number of carboxylic acids is 2. The molecule has 226 valence electrons. The highest BCUT2D eigenvalue weighted by Gasteiger charge is 2.38. The van der Waals surface area contributed by atoms with E-state index in [1.807, 2.05) is 16.7 Å². The largest absolute Gasteiger partial charge is 0.490 e. The van der Waals surface area contributed by atoms with Crippen LogP contribution in [-0.2, 0) is 21.2 Å². The number of sulfonamides is 1. The minimum absolute atomic E-state index is 0.00359. The number of aromatic carboxylic acids is 1. The number of piperazine rings is 1. The number of halogens is 4. The van der Waals surface area contributed by atoms with Gasteiger partial charge in [-0.2, -0.15) is 13.2 Å². The summed E-state index contributed by atoms with van der Waals surface area (Å²) < 4.78 is 74.0. The number of para-hydroxylation sites is 1. The minimum Gasteiger partial charge on any atom is -0.478 e. The van der Waals surface area contributed by atoms with Gasteiger partial charge in [-0.1, -0.05) is 37.6 Å². The highest BCUT2D eigenvalue weighted by atomic mass is 32.2. The maximum atomic E-state index is 14.1. The molecule has 42 heavy (non-hydrogen) atoms. The van der Waals surface area contributed by atoms with E-state index in [4.69, 9.17) is 9.90 Å². The van der Waals surface area contributed by atoms with Crippen molar-refractivity contribution in [3.8, 4) is 0 Å². The first-order chi connectivity index (χ1) is 19.7. The molecule has 0 aromatic heterocycles. The number of hydrogen-bond donors (Lipinski definition) is 3. The van der Waals surface area contributed by atoms with Gasteiger partial charge in [-0.15, -0.1) is 0 Å². The first-order valence-electron chi connectivity index (χ1n) is 12.8. The molecule has 1 aliphatic heterocycles. The molecule has 3 aromatic rings. The topological polar surface area (TPSA) is 127 Å². The number of nitrogens with one attached hydrogen (secondary N) is 1. The average Bonchev–Trinajstić information content (AvgIpc) is 2.94. The summed E-state index contributed by atoms with van der Waals surface area (Å²) in [5.74, 6) is -4.26. The SMILES string of the molecule is CCCc1ccc(S(=O)(=O)Nc2ccc(N3CCN(c4ccccc4F)CC3)cc2C(=O)O)cc1.O=C(O)C(F)(F)F. The molecule has 0 atom stereocenters. The van der Waals surface area contributed by atoms with Crippen LogP contribution in [0.1, 0.15) is 29.3 Å². The zero-order valence-electron chi connectivity index (χ0n) is 22.4. The van der Waals surface area contributed by atoms with Crippen molar-refractivity contribution in [2.75, 3.05) is 40.7 Å². The van der Waals surface area contributed by atoms with Crippen molar-refractivity contribution in [3.05, 3.63) is 83.7 Å². The fraction of sp³-hybridized carbons (Fsp3) is 0.286. The molecule has 0 spiro atoms. The number of carbonyl (C=O) groups is 2. The normalized spacial score (nSPS) is 13.6. The standard InChI is InChI=1S/C26H28FN3O4S.C2HF3O2/c1-2-5-19-8-11-21(12-9-19)35(33,34)28-24-13-10-20(18-22(24)26(31)32)29-14-16-30(17-15-29)25-7-4-3-6-23(25)27;3-2(4,5)1(6)7/h3-4,6-13,18,28H,2,5,14-17H2,1H3,(H,31,32);(H,6,7). The third-order valence-electron chi connectivity index (χ3n) is 6.33. The predicted molar refractivity (Wildman–Crippen MR) is 149 cm³/mol. The molecule has 9 nitrogen and oxygen atoms in total. The summed E-state index contributed by atoms with van der Waals surface area (Å²) in [6, 6.07) is 17.9. The average molecular weight is 612 g/mol. The summed E-state index contributed by atoms with van der Waals surface area (Å²) in [7, 11) is -3.95. The van der Waals surface area contributed by atoms with Crippen molar-refractivity contribution >= 4 is 39.0 Å². The lowest BCUT2D eigenvalue weighted by Gasteiger charge is -2.37. The number of anilines is 3. The molecule has 0 aliphatic carbocycles. The van der Waals surface area contributed by atoms with Crippen LogP contribution < -0.4 is 14.5 Å². The molecule has 14 heteroatoms. The van der Waals surface area contributed by atoms with E-state index in [2.05, 4.69) is 4.72 Å². The van der Waals surface area contributed by atoms with Crippen LogP contribution in [0.15, 0.2) is 71.6 Å². The summed E-state index contributed by atoms with van der Waals surface area (Å²) in [6.45, 7) is 4.34. The summed E-state index contributed by atoms with van der Waals surface area (Å²) in [4.78, 5) is 24.9. The van der Waals surface area contributed by atoms with E-state index in [0.717, 1.165) is 18.4 Å². The third-order valence-corrected chi connectivity index (χ3v) is 7.71. The van der Waals surface area contributed by atoms with Crippen molar-refractivity contribution < 1.29 is 45.8 Å². The molecule has 4 rings (SSSR count). The number of alkyl halides is 3. The van der Waals surface area contributed by atoms with Crippen LogP contribution in [-0.4, -0.2) is 62.9 Å². The fourth-order valence-corrected chi connectivity index (χ4v) is 5.32. The van der Waals surface area contributed by atoms with Crippen LogP contribution in [0.5, 0.6) is 0 Å². The number of nitrogens with zero attached hydrogens (tertiary/aromatic N) is 2. The summed E-state index contributed by atoms with van der Waals surface area (Å²) >= 11 is 0. The van der Waals surface area contributed by atoms with Gasteiger partial charge in [-0.05, 0) is 54.4 Å². The van der Waals surface area contributed by atoms with Gasteiger partial charge in [0.25, 0.3) is 10.0 Å². The lowest BCUT2D eigenvalue weighted by atomic mass is 10.1. The first-order valence-corrected chi connectivity index (χ1v) is 14.2. The van der Waals surface area contributed by atoms with Gasteiger partial charge in [-0.25, -0.2) is 22.4 Å². The molecule has 0 amide bonds. The Kier molecular flexibility index (Phi) is 10.4.